The summed E-state index contributed by atoms with van der Waals surface area (Å²) in [5, 5.41) is 0. The average Bonchev–Trinajstić information content (AvgIpc) is 2.18. The molecule has 0 radical (unpaired) electrons. The first-order valence-corrected chi connectivity index (χ1v) is 4.69. The number of rotatable bonds is 5. The Bertz CT molecular complexity index is 228. The highest BCUT2D eigenvalue weighted by Crippen LogP contribution is 1.97. The lowest BCUT2D eigenvalue weighted by Crippen LogP contribution is -1.95. The summed E-state index contributed by atoms with van der Waals surface area (Å²) in [7, 11) is 0. The molecule has 0 atom stereocenters. The third-order valence-electron chi connectivity index (χ3n) is 1.08. The third-order valence-corrected chi connectivity index (χ3v) is 1.08. The molecule has 0 unspecified atom stereocenters. The van der Waals surface area contributed by atoms with Crippen LogP contribution >= 0.6 is 0 Å². The fraction of sp³-hybridized carbons (Fsp3) is 0.385. The molecule has 0 saturated carbocycles. The van der Waals surface area contributed by atoms with Gasteiger partial charge in [0.25, 0.3) is 0 Å². The molecular weight excluding hydrogens is 172 g/mol. The van der Waals surface area contributed by atoms with Gasteiger partial charge in [0.2, 0.25) is 0 Å². The quantitative estimate of drug-likeness (QED) is 0.369. The van der Waals surface area contributed by atoms with Crippen molar-refractivity contribution in [2.45, 2.75) is 20.8 Å². The van der Waals surface area contributed by atoms with E-state index in [-0.39, 0.29) is 0 Å². The Kier molecular flexibility index (Phi) is 12.8. The molecule has 0 bridgehead atoms. The predicted molar refractivity (Wildman–Crippen MR) is 64.1 cm³/mol. The van der Waals surface area contributed by atoms with E-state index in [0.717, 1.165) is 11.1 Å². The summed E-state index contributed by atoms with van der Waals surface area (Å²) < 4.78 is 5.06. The Balaban J connectivity index is 0. The molecule has 14 heavy (non-hydrogen) atoms. The van der Waals surface area contributed by atoms with E-state index in [1.165, 1.54) is 0 Å². The molecular formula is C13H20O. The maximum Gasteiger partial charge on any atom is 0.107 e. The molecule has 0 spiro atoms. The monoisotopic (exact) mass is 192 g/mol. The molecule has 1 nitrogen and oxygen atoms in total. The van der Waals surface area contributed by atoms with Crippen molar-refractivity contribution in [3.8, 4) is 12.3 Å². The Morgan fingerprint density at radius 2 is 1.93 bits per heavy atom. The lowest BCUT2D eigenvalue weighted by Gasteiger charge is -1.98. The summed E-state index contributed by atoms with van der Waals surface area (Å²) in [4.78, 5) is 0. The van der Waals surface area contributed by atoms with Gasteiger partial charge >= 0.3 is 0 Å². The SMILES string of the molecule is C#CCOCC(=C)/C=C\C(=C)C.CC. The number of ether oxygens (including phenoxy) is 1. The van der Waals surface area contributed by atoms with Crippen LogP contribution in [-0.2, 0) is 4.74 Å². The fourth-order valence-corrected chi connectivity index (χ4v) is 0.549. The summed E-state index contributed by atoms with van der Waals surface area (Å²) >= 11 is 0. The van der Waals surface area contributed by atoms with Gasteiger partial charge in [0.15, 0.2) is 0 Å². The lowest BCUT2D eigenvalue weighted by molar-refractivity contribution is 0.194. The highest BCUT2D eigenvalue weighted by Gasteiger charge is 1.87. The van der Waals surface area contributed by atoms with Crippen molar-refractivity contribution < 1.29 is 4.74 Å². The standard InChI is InChI=1S/C11H14O.C2H6/c1-5-8-12-9-11(4)7-6-10(2)3;1-2/h1,6-7H,2,4,8-9H2,3H3;1-2H3/b7-6-;. The number of hydrogen-bond donors (Lipinski definition) is 0. The van der Waals surface area contributed by atoms with Gasteiger partial charge < -0.3 is 4.74 Å². The van der Waals surface area contributed by atoms with E-state index in [1.54, 1.807) is 0 Å². The molecule has 0 aromatic heterocycles. The van der Waals surface area contributed by atoms with Gasteiger partial charge in [-0.15, -0.1) is 6.42 Å². The van der Waals surface area contributed by atoms with Gasteiger partial charge in [0.05, 0.1) is 6.61 Å². The summed E-state index contributed by atoms with van der Waals surface area (Å²) in [6.07, 6.45) is 8.76. The minimum Gasteiger partial charge on any atom is -0.364 e. The number of allylic oxidation sites excluding steroid dienone is 2. The molecule has 78 valence electrons. The second-order valence-electron chi connectivity index (χ2n) is 2.53. The minimum absolute atomic E-state index is 0.333. The van der Waals surface area contributed by atoms with E-state index in [1.807, 2.05) is 32.9 Å². The van der Waals surface area contributed by atoms with Crippen molar-refractivity contribution >= 4 is 0 Å². The Hall–Kier alpha value is -1.26. The molecule has 0 rings (SSSR count). The molecule has 0 aliphatic carbocycles. The normalized spacial score (nSPS) is 8.71. The van der Waals surface area contributed by atoms with Crippen LogP contribution < -0.4 is 0 Å². The van der Waals surface area contributed by atoms with Gasteiger partial charge in [-0.3, -0.25) is 0 Å². The van der Waals surface area contributed by atoms with Crippen LogP contribution in [0.5, 0.6) is 0 Å². The molecule has 0 aromatic carbocycles. The van der Waals surface area contributed by atoms with Crippen LogP contribution in [0, 0.1) is 12.3 Å². The van der Waals surface area contributed by atoms with E-state index in [0.29, 0.717) is 13.2 Å². The van der Waals surface area contributed by atoms with Gasteiger partial charge in [0, 0.05) is 0 Å². The van der Waals surface area contributed by atoms with Crippen molar-refractivity contribution in [2.75, 3.05) is 13.2 Å². The van der Waals surface area contributed by atoms with Crippen molar-refractivity contribution in [2.24, 2.45) is 0 Å². The van der Waals surface area contributed by atoms with Crippen molar-refractivity contribution in [1.29, 1.82) is 0 Å². The highest BCUT2D eigenvalue weighted by molar-refractivity contribution is 5.23. The molecule has 0 saturated heterocycles. The fourth-order valence-electron chi connectivity index (χ4n) is 0.549. The van der Waals surface area contributed by atoms with Gasteiger partial charge in [-0.2, -0.15) is 0 Å². The van der Waals surface area contributed by atoms with Crippen LogP contribution in [0.4, 0.5) is 0 Å². The first kappa shape index (κ1) is 15.2. The zero-order chi connectivity index (χ0) is 11.4. The summed E-state index contributed by atoms with van der Waals surface area (Å²) in [6.45, 7) is 14.2. The first-order chi connectivity index (χ1) is 6.66. The molecule has 0 aromatic rings. The largest absolute Gasteiger partial charge is 0.364 e. The maximum absolute atomic E-state index is 5.06. The van der Waals surface area contributed by atoms with E-state index >= 15 is 0 Å². The Labute approximate surface area is 88.2 Å². The number of hydrogen-bond acceptors (Lipinski definition) is 1. The van der Waals surface area contributed by atoms with Gasteiger partial charge in [-0.25, -0.2) is 0 Å². The summed E-state index contributed by atoms with van der Waals surface area (Å²) in [6, 6.07) is 0. The van der Waals surface area contributed by atoms with Crippen molar-refractivity contribution in [1.82, 2.24) is 0 Å². The highest BCUT2D eigenvalue weighted by atomic mass is 16.5. The Morgan fingerprint density at radius 3 is 2.36 bits per heavy atom. The van der Waals surface area contributed by atoms with E-state index in [9.17, 15) is 0 Å². The molecule has 0 aliphatic rings. The molecule has 0 aliphatic heterocycles. The number of terminal acetylenes is 1. The first-order valence-electron chi connectivity index (χ1n) is 4.69. The van der Waals surface area contributed by atoms with E-state index in [2.05, 4.69) is 19.1 Å². The maximum atomic E-state index is 5.06. The van der Waals surface area contributed by atoms with Crippen LogP contribution in [0.1, 0.15) is 20.8 Å². The third kappa shape index (κ3) is 13.3. The smallest absolute Gasteiger partial charge is 0.107 e. The minimum atomic E-state index is 0.333. The molecule has 1 heteroatoms. The van der Waals surface area contributed by atoms with E-state index < -0.39 is 0 Å². The Morgan fingerprint density at radius 1 is 1.36 bits per heavy atom. The van der Waals surface area contributed by atoms with Crippen LogP contribution in [0.15, 0.2) is 36.5 Å². The summed E-state index contributed by atoms with van der Waals surface area (Å²) in [5.74, 6) is 2.38. The van der Waals surface area contributed by atoms with E-state index in [4.69, 9.17) is 11.2 Å². The van der Waals surface area contributed by atoms with Gasteiger partial charge in [-0.1, -0.05) is 50.7 Å². The zero-order valence-electron chi connectivity index (χ0n) is 9.47. The van der Waals surface area contributed by atoms with Crippen molar-refractivity contribution in [3.63, 3.8) is 0 Å². The second kappa shape index (κ2) is 11.7. The van der Waals surface area contributed by atoms with Crippen LogP contribution in [0.2, 0.25) is 0 Å². The van der Waals surface area contributed by atoms with Crippen LogP contribution in [0.3, 0.4) is 0 Å². The average molecular weight is 192 g/mol. The second-order valence-corrected chi connectivity index (χ2v) is 2.53. The summed E-state index contributed by atoms with van der Waals surface area (Å²) in [5.41, 5.74) is 1.89. The van der Waals surface area contributed by atoms with Crippen LogP contribution in [0.25, 0.3) is 0 Å². The molecule has 0 N–H and O–H groups in total. The van der Waals surface area contributed by atoms with Crippen molar-refractivity contribution in [3.05, 3.63) is 36.5 Å². The topological polar surface area (TPSA) is 9.23 Å². The zero-order valence-corrected chi connectivity index (χ0v) is 9.47. The predicted octanol–water partition coefficient (Wildman–Crippen LogP) is 3.35. The molecule has 0 heterocycles. The lowest BCUT2D eigenvalue weighted by atomic mass is 10.2. The van der Waals surface area contributed by atoms with Gasteiger partial charge in [0.1, 0.15) is 6.61 Å². The van der Waals surface area contributed by atoms with Gasteiger partial charge in [-0.05, 0) is 12.5 Å². The molecule has 0 fully saturated rings. The molecule has 0 amide bonds. The van der Waals surface area contributed by atoms with Crippen LogP contribution in [-0.4, -0.2) is 13.2 Å².